The zero-order valence-corrected chi connectivity index (χ0v) is 10.8. The first-order valence-electron chi connectivity index (χ1n) is 5.61. The lowest BCUT2D eigenvalue weighted by Gasteiger charge is -2.11. The molecule has 2 rings (SSSR count). The molecule has 0 radical (unpaired) electrons. The van der Waals surface area contributed by atoms with E-state index >= 15 is 0 Å². The van der Waals surface area contributed by atoms with Crippen LogP contribution in [0.4, 0.5) is 51.3 Å². The number of carbonyl (C=O) groups excluding carboxylic acids is 1. The number of amides is 2. The molecule has 24 heavy (non-hydrogen) atoms. The van der Waals surface area contributed by atoms with E-state index in [1.807, 2.05) is 0 Å². The van der Waals surface area contributed by atoms with Gasteiger partial charge in [-0.1, -0.05) is 0 Å². The molecule has 128 valence electrons. The van der Waals surface area contributed by atoms with Gasteiger partial charge in [-0.25, -0.2) is 4.79 Å². The topological polar surface area (TPSA) is 66.9 Å². The molecule has 0 unspecified atom stereocenters. The molecule has 0 aromatic carbocycles. The Morgan fingerprint density at radius 2 is 0.833 bits per heavy atom. The molecule has 13 heteroatoms. The summed E-state index contributed by atoms with van der Waals surface area (Å²) in [6.45, 7) is 0. The van der Waals surface area contributed by atoms with Crippen molar-refractivity contribution in [1.29, 1.82) is 0 Å². The minimum absolute atomic E-state index is 1.18. The van der Waals surface area contributed by atoms with Gasteiger partial charge in [-0.2, -0.15) is 45.1 Å². The summed E-state index contributed by atoms with van der Waals surface area (Å²) in [5.74, 6) is -17.0. The summed E-state index contributed by atoms with van der Waals surface area (Å²) in [4.78, 5) is 15.8. The van der Waals surface area contributed by atoms with Gasteiger partial charge in [0.25, 0.3) is 23.8 Å². The van der Waals surface area contributed by atoms with Gasteiger partial charge in [0, 0.05) is 0 Å². The number of carbonyl (C=O) groups is 1. The van der Waals surface area contributed by atoms with Crippen LogP contribution in [0.2, 0.25) is 0 Å². The predicted molar refractivity (Wildman–Crippen MR) is 60.8 cm³/mol. The maximum atomic E-state index is 13.3. The van der Waals surface area contributed by atoms with Crippen molar-refractivity contribution in [3.8, 4) is 0 Å². The lowest BCUT2D eigenvalue weighted by atomic mass is 10.3. The highest BCUT2D eigenvalue weighted by atomic mass is 19.2. The van der Waals surface area contributed by atoms with Crippen molar-refractivity contribution >= 4 is 17.4 Å². The van der Waals surface area contributed by atoms with Crippen LogP contribution in [0, 0.1) is 47.1 Å². The molecule has 2 aromatic heterocycles. The SMILES string of the molecule is O=C(Nc1c(F)c(F)nc(F)c1F)Nc1c(F)c(F)nc(F)c1F. The zero-order valence-electron chi connectivity index (χ0n) is 10.8. The van der Waals surface area contributed by atoms with Crippen LogP contribution in [0.3, 0.4) is 0 Å². The molecule has 5 nitrogen and oxygen atoms in total. The molecular formula is C11H2F8N4O. The van der Waals surface area contributed by atoms with E-state index < -0.39 is 64.5 Å². The summed E-state index contributed by atoms with van der Waals surface area (Å²) in [7, 11) is 0. The standard InChI is InChI=1S/C11H2F8N4O/c12-1-5(2(13)8(17)22-7(1)16)20-11(24)21-6-3(14)9(18)23-10(19)4(6)15/h(H2,20,21,22,23,24). The van der Waals surface area contributed by atoms with Crippen LogP contribution in [-0.4, -0.2) is 16.0 Å². The van der Waals surface area contributed by atoms with Gasteiger partial charge in [0.1, 0.15) is 11.4 Å². The summed E-state index contributed by atoms with van der Waals surface area (Å²) in [6, 6.07) is -1.87. The Bertz CT molecular complexity index is 724. The van der Waals surface area contributed by atoms with E-state index in [-0.39, 0.29) is 0 Å². The molecule has 0 aliphatic carbocycles. The number of urea groups is 1. The van der Waals surface area contributed by atoms with E-state index in [9.17, 15) is 39.9 Å². The molecule has 0 aliphatic heterocycles. The third-order valence-corrected chi connectivity index (χ3v) is 2.47. The number of hydrogen-bond acceptors (Lipinski definition) is 3. The second kappa shape index (κ2) is 6.25. The Morgan fingerprint density at radius 1 is 0.583 bits per heavy atom. The average molecular weight is 358 g/mol. The van der Waals surface area contributed by atoms with Gasteiger partial charge in [0.05, 0.1) is 0 Å². The molecular weight excluding hydrogens is 356 g/mol. The Hall–Kier alpha value is -2.99. The summed E-state index contributed by atoms with van der Waals surface area (Å²) in [5.41, 5.74) is -3.37. The maximum Gasteiger partial charge on any atom is 0.324 e. The molecule has 2 N–H and O–H groups in total. The van der Waals surface area contributed by atoms with Gasteiger partial charge in [0.15, 0.2) is 0 Å². The van der Waals surface area contributed by atoms with Crippen LogP contribution >= 0.6 is 0 Å². The number of aromatic nitrogens is 2. The van der Waals surface area contributed by atoms with Gasteiger partial charge >= 0.3 is 6.03 Å². The first-order chi connectivity index (χ1) is 11.1. The zero-order chi connectivity index (χ0) is 18.2. The predicted octanol–water partition coefficient (Wildman–Crippen LogP) is 3.23. The quantitative estimate of drug-likeness (QED) is 0.640. The fraction of sp³-hybridized carbons (Fsp3) is 0. The molecule has 0 saturated carbocycles. The maximum absolute atomic E-state index is 13.3. The number of hydrogen-bond donors (Lipinski definition) is 2. The average Bonchev–Trinajstić information content (AvgIpc) is 2.52. The number of nitrogens with one attached hydrogen (secondary N) is 2. The molecule has 0 atom stereocenters. The molecule has 0 bridgehead atoms. The van der Waals surface area contributed by atoms with Crippen LogP contribution in [-0.2, 0) is 0 Å². The summed E-state index contributed by atoms with van der Waals surface area (Å²) >= 11 is 0. The monoisotopic (exact) mass is 358 g/mol. The lowest BCUT2D eigenvalue weighted by molar-refractivity contribution is 0.261. The van der Waals surface area contributed by atoms with Crippen molar-refractivity contribution in [2.75, 3.05) is 10.6 Å². The number of rotatable bonds is 2. The highest BCUT2D eigenvalue weighted by molar-refractivity contribution is 6.00. The minimum Gasteiger partial charge on any atom is -0.302 e. The second-order valence-electron chi connectivity index (χ2n) is 3.97. The number of halogens is 8. The molecule has 2 heterocycles. The van der Waals surface area contributed by atoms with Crippen LogP contribution in [0.25, 0.3) is 0 Å². The van der Waals surface area contributed by atoms with Gasteiger partial charge in [-0.05, 0) is 0 Å². The molecule has 0 fully saturated rings. The lowest BCUT2D eigenvalue weighted by Crippen LogP contribution is -2.24. The highest BCUT2D eigenvalue weighted by Crippen LogP contribution is 2.24. The van der Waals surface area contributed by atoms with Gasteiger partial charge in [0.2, 0.25) is 23.3 Å². The molecule has 2 aromatic rings. The fourth-order valence-corrected chi connectivity index (χ4v) is 1.45. The Balaban J connectivity index is 2.34. The van der Waals surface area contributed by atoms with Crippen molar-refractivity contribution in [3.05, 3.63) is 47.1 Å². The first-order valence-corrected chi connectivity index (χ1v) is 5.61. The van der Waals surface area contributed by atoms with Crippen molar-refractivity contribution in [2.24, 2.45) is 0 Å². The normalized spacial score (nSPS) is 10.7. The van der Waals surface area contributed by atoms with E-state index in [0.29, 0.717) is 0 Å². The van der Waals surface area contributed by atoms with Crippen LogP contribution in [0.15, 0.2) is 0 Å². The summed E-state index contributed by atoms with van der Waals surface area (Å²) in [6.07, 6.45) is 0. The van der Waals surface area contributed by atoms with Crippen molar-refractivity contribution < 1.29 is 39.9 Å². The van der Waals surface area contributed by atoms with Crippen LogP contribution in [0.1, 0.15) is 0 Å². The number of pyridine rings is 2. The number of nitrogens with zero attached hydrogens (tertiary/aromatic N) is 2. The third-order valence-electron chi connectivity index (χ3n) is 2.47. The van der Waals surface area contributed by atoms with Gasteiger partial charge < -0.3 is 10.6 Å². The Labute approximate surface area is 126 Å². The molecule has 0 spiro atoms. The smallest absolute Gasteiger partial charge is 0.302 e. The van der Waals surface area contributed by atoms with Crippen LogP contribution < -0.4 is 10.6 Å². The second-order valence-corrected chi connectivity index (χ2v) is 3.97. The minimum atomic E-state index is -2.13. The summed E-state index contributed by atoms with van der Waals surface area (Å²) in [5, 5.41) is 2.37. The van der Waals surface area contributed by atoms with E-state index in [4.69, 9.17) is 0 Å². The Kier molecular flexibility index (Phi) is 4.52. The number of anilines is 2. The van der Waals surface area contributed by atoms with Crippen molar-refractivity contribution in [3.63, 3.8) is 0 Å². The van der Waals surface area contributed by atoms with E-state index in [1.54, 1.807) is 0 Å². The largest absolute Gasteiger partial charge is 0.324 e. The third kappa shape index (κ3) is 3.04. The molecule has 0 aliphatic rings. The van der Waals surface area contributed by atoms with Gasteiger partial charge in [-0.15, -0.1) is 0 Å². The fourth-order valence-electron chi connectivity index (χ4n) is 1.45. The van der Waals surface area contributed by atoms with Gasteiger partial charge in [-0.3, -0.25) is 0 Å². The molecule has 2 amide bonds. The van der Waals surface area contributed by atoms with Crippen molar-refractivity contribution in [2.45, 2.75) is 0 Å². The Morgan fingerprint density at radius 3 is 1.08 bits per heavy atom. The molecule has 0 saturated heterocycles. The van der Waals surface area contributed by atoms with E-state index in [2.05, 4.69) is 9.97 Å². The van der Waals surface area contributed by atoms with E-state index in [0.717, 1.165) is 0 Å². The van der Waals surface area contributed by atoms with Crippen LogP contribution in [0.5, 0.6) is 0 Å². The van der Waals surface area contributed by atoms with Crippen molar-refractivity contribution in [1.82, 2.24) is 9.97 Å². The highest BCUT2D eigenvalue weighted by Gasteiger charge is 2.25. The first kappa shape index (κ1) is 17.4. The van der Waals surface area contributed by atoms with E-state index in [1.165, 1.54) is 10.6 Å². The summed E-state index contributed by atoms with van der Waals surface area (Å²) < 4.78 is 104.